The fourth-order valence-corrected chi connectivity index (χ4v) is 11.0. The van der Waals surface area contributed by atoms with E-state index in [1.807, 2.05) is 109 Å². The number of nitrogens with zero attached hydrogens (tertiary/aromatic N) is 12. The first-order chi connectivity index (χ1) is 32.1. The van der Waals surface area contributed by atoms with Gasteiger partial charge in [0.1, 0.15) is 66.2 Å². The molecule has 6 aromatic heterocycles. The normalized spacial score (nSPS) is 12.1. The molecule has 6 heterocycles. The van der Waals surface area contributed by atoms with Gasteiger partial charge in [0, 0.05) is 21.4 Å². The molecule has 66 heavy (non-hydrogen) atoms. The molecule has 0 unspecified atom stereocenters. The van der Waals surface area contributed by atoms with Crippen LogP contribution in [-0.2, 0) is 0 Å². The molecular weight excluding hydrogens is 1510 g/mol. The molecule has 18 heteroatoms. The summed E-state index contributed by atoms with van der Waals surface area (Å²) in [5.41, 5.74) is 18.2. The number of benzene rings is 8. The molecule has 0 atom stereocenters. The van der Waals surface area contributed by atoms with Crippen molar-refractivity contribution in [1.29, 1.82) is 0 Å². The lowest BCUT2D eigenvalue weighted by Crippen LogP contribution is -1.99. The van der Waals surface area contributed by atoms with Crippen molar-refractivity contribution in [2.45, 2.75) is 0 Å². The number of aromatic nitrogens is 12. The highest BCUT2D eigenvalue weighted by molar-refractivity contribution is 14.1. The fraction of sp³-hybridized carbons (Fsp3) is 0. The summed E-state index contributed by atoms with van der Waals surface area (Å²) in [6.07, 6.45) is 0. The van der Waals surface area contributed by atoms with E-state index in [1.54, 1.807) is 0 Å². The van der Waals surface area contributed by atoms with Crippen LogP contribution in [0.1, 0.15) is 0 Å². The molecule has 0 saturated heterocycles. The predicted octanol–water partition coefficient (Wildman–Crippen LogP) is 13.6. The van der Waals surface area contributed by atoms with Crippen LogP contribution in [0.5, 0.6) is 0 Å². The quantitative estimate of drug-likeness (QED) is 0.0806. The van der Waals surface area contributed by atoms with E-state index < -0.39 is 0 Å². The molecule has 0 saturated carbocycles. The zero-order chi connectivity index (χ0) is 44.5. The fourth-order valence-electron chi connectivity index (χ4n) is 8.15. The Balaban J connectivity index is 0.000000132. The lowest BCUT2D eigenvalue weighted by Gasteiger charge is -2.10. The molecule has 0 radical (unpaired) electrons. The Morgan fingerprint density at radius 2 is 0.288 bits per heavy atom. The van der Waals surface area contributed by atoms with Crippen molar-refractivity contribution in [2.24, 2.45) is 0 Å². The van der Waals surface area contributed by atoms with Gasteiger partial charge in [-0.25, -0.2) is 59.8 Å². The number of fused-ring (bicyclic) bond motifs is 18. The van der Waals surface area contributed by atoms with Crippen LogP contribution in [0.3, 0.4) is 0 Å². The molecule has 0 spiro atoms. The maximum Gasteiger partial charge on any atom is 0.120 e. The minimum absolute atomic E-state index is 0.693. The zero-order valence-corrected chi connectivity index (χ0v) is 46.0. The molecule has 0 N–H and O–H groups in total. The van der Waals surface area contributed by atoms with Gasteiger partial charge in [0.15, 0.2) is 0 Å². The second kappa shape index (κ2) is 16.2. The van der Waals surface area contributed by atoms with Crippen LogP contribution in [0.15, 0.2) is 109 Å². The lowest BCUT2D eigenvalue weighted by molar-refractivity contribution is 1.33. The molecule has 0 aliphatic heterocycles. The average Bonchev–Trinajstić information content (AvgIpc) is 3.31. The maximum absolute atomic E-state index is 5.00. The molecule has 8 aromatic carbocycles. The number of halogens is 6. The molecule has 0 bridgehead atoms. The third kappa shape index (κ3) is 7.15. The van der Waals surface area contributed by atoms with E-state index in [-0.39, 0.29) is 0 Å². The van der Waals surface area contributed by atoms with Crippen molar-refractivity contribution in [2.75, 3.05) is 0 Å². The highest BCUT2D eigenvalue weighted by atomic mass is 127. The molecule has 14 aromatic rings. The van der Waals surface area contributed by atoms with E-state index in [9.17, 15) is 0 Å². The maximum atomic E-state index is 5.00. The molecule has 12 nitrogen and oxygen atoms in total. The summed E-state index contributed by atoms with van der Waals surface area (Å²) in [6.45, 7) is 0. The number of rotatable bonds is 0. The van der Waals surface area contributed by atoms with Crippen LogP contribution in [0.4, 0.5) is 0 Å². The molecule has 0 fully saturated rings. The van der Waals surface area contributed by atoms with Crippen molar-refractivity contribution in [3.05, 3.63) is 131 Å². The van der Waals surface area contributed by atoms with Crippen molar-refractivity contribution in [3.63, 3.8) is 0 Å². The summed E-state index contributed by atoms with van der Waals surface area (Å²) in [6, 6.07) is 36.3. The smallest absolute Gasteiger partial charge is 0.120 e. The minimum atomic E-state index is 0.693. The van der Waals surface area contributed by atoms with Crippen molar-refractivity contribution < 1.29 is 0 Å². The van der Waals surface area contributed by atoms with Gasteiger partial charge in [-0.3, -0.25) is 0 Å². The Hall–Kier alpha value is -4.26. The molecule has 0 aliphatic rings. The van der Waals surface area contributed by atoms with Crippen LogP contribution < -0.4 is 0 Å². The van der Waals surface area contributed by atoms with Gasteiger partial charge in [-0.15, -0.1) is 0 Å². The van der Waals surface area contributed by atoms with E-state index in [0.717, 1.165) is 87.6 Å². The summed E-state index contributed by atoms with van der Waals surface area (Å²) in [7, 11) is 0. The summed E-state index contributed by atoms with van der Waals surface area (Å²) < 4.78 is 6.61. The minimum Gasteiger partial charge on any atom is -0.242 e. The predicted molar refractivity (Wildman–Crippen MR) is 313 cm³/mol. The van der Waals surface area contributed by atoms with Gasteiger partial charge in [0.05, 0.1) is 66.2 Å². The Bertz CT molecular complexity index is 4260. The summed E-state index contributed by atoms with van der Waals surface area (Å²) in [5, 5.41) is 0. The molecule has 14 rings (SSSR count). The topological polar surface area (TPSA) is 155 Å². The van der Waals surface area contributed by atoms with Crippen molar-refractivity contribution in [3.8, 4) is 0 Å². The van der Waals surface area contributed by atoms with Gasteiger partial charge in [-0.2, -0.15) is 0 Å². The monoisotopic (exact) mass is 1520 g/mol. The Morgan fingerprint density at radius 1 is 0.167 bits per heavy atom. The van der Waals surface area contributed by atoms with E-state index in [1.165, 1.54) is 0 Å². The Labute approximate surface area is 452 Å². The Kier molecular flexibility index (Phi) is 10.3. The van der Waals surface area contributed by atoms with Crippen LogP contribution in [0, 0.1) is 21.4 Å². The number of hydrogen-bond donors (Lipinski definition) is 0. The van der Waals surface area contributed by atoms with Gasteiger partial charge in [-0.05, 0) is 245 Å². The highest BCUT2D eigenvalue weighted by Gasteiger charge is 2.21. The van der Waals surface area contributed by atoms with Gasteiger partial charge < -0.3 is 0 Å². The first kappa shape index (κ1) is 41.9. The average molecular weight is 1520 g/mol. The van der Waals surface area contributed by atoms with E-state index >= 15 is 0 Å². The van der Waals surface area contributed by atoms with Crippen molar-refractivity contribution in [1.82, 2.24) is 59.8 Å². The molecule has 312 valence electrons. The zero-order valence-electron chi connectivity index (χ0n) is 33.0. The van der Waals surface area contributed by atoms with Gasteiger partial charge in [0.25, 0.3) is 0 Å². The number of hydrogen-bond acceptors (Lipinski definition) is 12. The van der Waals surface area contributed by atoms with Crippen LogP contribution in [0.2, 0.25) is 0 Å². The summed E-state index contributed by atoms with van der Waals surface area (Å²) >= 11 is 13.7. The Morgan fingerprint density at radius 3 is 0.424 bits per heavy atom. The molecular formula is C48H18I6N12. The second-order valence-electron chi connectivity index (χ2n) is 15.3. The van der Waals surface area contributed by atoms with Gasteiger partial charge in [-0.1, -0.05) is 0 Å². The largest absolute Gasteiger partial charge is 0.242 e. The first-order valence-corrected chi connectivity index (χ1v) is 26.4. The van der Waals surface area contributed by atoms with Crippen LogP contribution in [0.25, 0.3) is 132 Å². The summed E-state index contributed by atoms with van der Waals surface area (Å²) in [5.74, 6) is 0. The van der Waals surface area contributed by atoms with Crippen molar-refractivity contribution >= 4 is 268 Å². The molecule has 0 aliphatic carbocycles. The lowest BCUT2D eigenvalue weighted by atomic mass is 10.1. The van der Waals surface area contributed by atoms with Crippen LogP contribution >= 0.6 is 136 Å². The SMILES string of the molecule is Ic1ccc2nc3c4nc5cc(I)ccc5nc4c4nc5cc(I)ccc5nc4c3nc2c1.Ic1ccc2nc3c4nc5ccc(I)cc5nc4c4nc5cc(I)ccc5nc4c3nc2c1. The summed E-state index contributed by atoms with van der Waals surface area (Å²) in [4.78, 5) is 59.9. The van der Waals surface area contributed by atoms with E-state index in [0.29, 0.717) is 66.2 Å². The third-order valence-corrected chi connectivity index (χ3v) is 15.1. The van der Waals surface area contributed by atoms with E-state index in [4.69, 9.17) is 59.8 Å². The van der Waals surface area contributed by atoms with Gasteiger partial charge in [0.2, 0.25) is 0 Å². The first-order valence-electron chi connectivity index (χ1n) is 19.9. The second-order valence-corrected chi connectivity index (χ2v) is 22.8. The van der Waals surface area contributed by atoms with E-state index in [2.05, 4.69) is 136 Å². The van der Waals surface area contributed by atoms with Crippen LogP contribution in [-0.4, -0.2) is 59.8 Å². The highest BCUT2D eigenvalue weighted by Crippen LogP contribution is 2.36. The standard InChI is InChI=1S/2C24H9I3N6/c25-10-1-4-13-16(7-10)31-22-19(28-13)23-21(30-14-5-2-11(26)8-17(14)32-23)24-20(22)29-15-6-3-12(27)9-18(15)33-24;25-10-1-4-13-16(7-10)31-22-19(28-13)20-23(32-17-8-11(26)2-5-14(17)29-20)24-21(22)30-15-6-3-12(27)9-18(15)33-24/h2*1-9H. The van der Waals surface area contributed by atoms with Gasteiger partial charge >= 0.3 is 0 Å². The third-order valence-electron chi connectivity index (χ3n) is 11.1. The molecule has 0 amide bonds.